The molecule has 1 atom stereocenters. The zero-order valence-electron chi connectivity index (χ0n) is 9.88. The molecule has 2 heteroatoms. The molecule has 1 nitrogen and oxygen atoms in total. The smallest absolute Gasteiger partial charge is 0.186 e. The molecule has 0 heterocycles. The molecular weight excluding hydrogens is 188 g/mol. The summed E-state index contributed by atoms with van der Waals surface area (Å²) < 4.78 is 5.84. The lowest BCUT2D eigenvalue weighted by Gasteiger charge is -2.25. The monoisotopic (exact) mass is 212 g/mol. The minimum Gasteiger partial charge on any atom is -0.418 e. The average molecular weight is 212 g/mol. The van der Waals surface area contributed by atoms with Crippen LogP contribution in [-0.2, 0) is 4.43 Å². The van der Waals surface area contributed by atoms with Gasteiger partial charge in [-0.25, -0.2) is 0 Å². The molecule has 1 aliphatic carbocycles. The normalized spacial score (nSPS) is 22.6. The van der Waals surface area contributed by atoms with Gasteiger partial charge in [0.25, 0.3) is 0 Å². The number of hydrogen-bond donors (Lipinski definition) is 0. The van der Waals surface area contributed by atoms with E-state index in [1.54, 1.807) is 0 Å². The maximum absolute atomic E-state index is 5.84. The summed E-state index contributed by atoms with van der Waals surface area (Å²) >= 11 is 0. The fraction of sp³-hybridized carbons (Fsp3) is 0.833. The first kappa shape index (κ1) is 12.0. The van der Waals surface area contributed by atoms with Gasteiger partial charge >= 0.3 is 0 Å². The van der Waals surface area contributed by atoms with Gasteiger partial charge in [-0.1, -0.05) is 18.6 Å². The third-order valence-corrected chi connectivity index (χ3v) is 5.63. The quantitative estimate of drug-likeness (QED) is 0.495. The van der Waals surface area contributed by atoms with Crippen molar-refractivity contribution in [3.05, 3.63) is 12.2 Å². The average Bonchev–Trinajstić information content (AvgIpc) is 2.17. The van der Waals surface area contributed by atoms with Crippen LogP contribution in [0, 0.1) is 5.92 Å². The molecule has 0 aromatic rings. The van der Waals surface area contributed by atoms with Crippen molar-refractivity contribution in [3.8, 4) is 0 Å². The Bertz CT molecular complexity index is 187. The summed E-state index contributed by atoms with van der Waals surface area (Å²) in [6, 6.07) is 1.33. The molecule has 0 fully saturated rings. The first-order valence-corrected chi connectivity index (χ1v) is 9.04. The second-order valence-corrected chi connectivity index (χ2v) is 9.19. The van der Waals surface area contributed by atoms with Gasteiger partial charge in [0.2, 0.25) is 0 Å². The highest BCUT2D eigenvalue weighted by atomic mass is 28.4. The molecule has 14 heavy (non-hydrogen) atoms. The molecule has 0 amide bonds. The van der Waals surface area contributed by atoms with Gasteiger partial charge in [0.05, 0.1) is 0 Å². The number of hydrogen-bond acceptors (Lipinski definition) is 1. The minimum absolute atomic E-state index is 0.893. The molecule has 0 N–H and O–H groups in total. The minimum atomic E-state index is -1.31. The predicted octanol–water partition coefficient (Wildman–Crippen LogP) is 3.97. The maximum Gasteiger partial charge on any atom is 0.186 e. The van der Waals surface area contributed by atoms with E-state index in [0.717, 1.165) is 12.5 Å². The second kappa shape index (κ2) is 5.71. The van der Waals surface area contributed by atoms with E-state index in [4.69, 9.17) is 4.43 Å². The number of allylic oxidation sites excluding steroid dienone is 2. The highest BCUT2D eigenvalue weighted by molar-refractivity contribution is 6.71. The third-order valence-electron chi connectivity index (χ3n) is 3.07. The van der Waals surface area contributed by atoms with Crippen molar-refractivity contribution < 1.29 is 4.43 Å². The molecule has 0 saturated carbocycles. The van der Waals surface area contributed by atoms with Crippen LogP contribution in [0.25, 0.3) is 0 Å². The Morgan fingerprint density at radius 1 is 1.36 bits per heavy atom. The predicted molar refractivity (Wildman–Crippen MR) is 65.0 cm³/mol. The molecule has 0 aromatic carbocycles. The molecule has 0 aromatic heterocycles. The summed E-state index contributed by atoms with van der Waals surface area (Å²) in [7, 11) is -1.31. The highest BCUT2D eigenvalue weighted by Gasteiger charge is 2.23. The Labute approximate surface area is 89.7 Å². The van der Waals surface area contributed by atoms with E-state index in [2.05, 4.69) is 32.2 Å². The van der Waals surface area contributed by atoms with Gasteiger partial charge in [0, 0.05) is 6.61 Å². The lowest BCUT2D eigenvalue weighted by molar-refractivity contribution is 0.323. The highest BCUT2D eigenvalue weighted by Crippen LogP contribution is 2.26. The van der Waals surface area contributed by atoms with E-state index in [-0.39, 0.29) is 0 Å². The fourth-order valence-corrected chi connectivity index (χ4v) is 4.16. The van der Waals surface area contributed by atoms with Crippen LogP contribution in [0.1, 0.15) is 32.6 Å². The van der Waals surface area contributed by atoms with E-state index in [9.17, 15) is 0 Å². The van der Waals surface area contributed by atoms with Gasteiger partial charge in [-0.2, -0.15) is 0 Å². The van der Waals surface area contributed by atoms with E-state index < -0.39 is 8.32 Å². The molecule has 0 radical (unpaired) electrons. The van der Waals surface area contributed by atoms with Gasteiger partial charge in [0.15, 0.2) is 8.32 Å². The first-order chi connectivity index (χ1) is 6.64. The Balaban J connectivity index is 2.21. The van der Waals surface area contributed by atoms with Gasteiger partial charge in [-0.05, 0) is 51.2 Å². The Kier molecular flexibility index (Phi) is 4.89. The summed E-state index contributed by atoms with van der Waals surface area (Å²) in [6.45, 7) is 7.69. The van der Waals surface area contributed by atoms with Gasteiger partial charge in [0.1, 0.15) is 0 Å². The molecular formula is C12H24OSi. The fourth-order valence-electron chi connectivity index (χ4n) is 2.13. The van der Waals surface area contributed by atoms with Crippen molar-refractivity contribution in [2.45, 2.75) is 51.7 Å². The number of rotatable bonds is 5. The van der Waals surface area contributed by atoms with Crippen LogP contribution in [-0.4, -0.2) is 14.9 Å². The van der Waals surface area contributed by atoms with Crippen LogP contribution in [0.2, 0.25) is 19.1 Å². The van der Waals surface area contributed by atoms with Crippen molar-refractivity contribution in [2.24, 2.45) is 5.92 Å². The molecule has 0 aliphatic heterocycles. The molecule has 1 aliphatic rings. The summed E-state index contributed by atoms with van der Waals surface area (Å²) in [4.78, 5) is 0. The zero-order chi connectivity index (χ0) is 10.4. The SMILES string of the molecule is CCO[Si](C)(C)CCC1CC=CCC1. The molecule has 0 spiro atoms. The lowest BCUT2D eigenvalue weighted by Crippen LogP contribution is -2.30. The van der Waals surface area contributed by atoms with Crippen LogP contribution in [0.4, 0.5) is 0 Å². The van der Waals surface area contributed by atoms with E-state index in [1.807, 2.05) is 0 Å². The Morgan fingerprint density at radius 3 is 2.71 bits per heavy atom. The molecule has 1 rings (SSSR count). The van der Waals surface area contributed by atoms with Crippen LogP contribution < -0.4 is 0 Å². The summed E-state index contributed by atoms with van der Waals surface area (Å²) in [5, 5.41) is 0. The maximum atomic E-state index is 5.84. The topological polar surface area (TPSA) is 9.23 Å². The molecule has 0 saturated heterocycles. The largest absolute Gasteiger partial charge is 0.418 e. The third kappa shape index (κ3) is 4.42. The van der Waals surface area contributed by atoms with E-state index in [1.165, 1.54) is 31.7 Å². The van der Waals surface area contributed by atoms with Crippen LogP contribution >= 0.6 is 0 Å². The second-order valence-electron chi connectivity index (χ2n) is 4.88. The van der Waals surface area contributed by atoms with Gasteiger partial charge in [-0.3, -0.25) is 0 Å². The van der Waals surface area contributed by atoms with Crippen molar-refractivity contribution in [1.29, 1.82) is 0 Å². The summed E-state index contributed by atoms with van der Waals surface area (Å²) in [5.74, 6) is 0.937. The van der Waals surface area contributed by atoms with Gasteiger partial charge < -0.3 is 4.43 Å². The van der Waals surface area contributed by atoms with E-state index in [0.29, 0.717) is 0 Å². The summed E-state index contributed by atoms with van der Waals surface area (Å²) in [6.07, 6.45) is 10.0. The van der Waals surface area contributed by atoms with Crippen molar-refractivity contribution in [1.82, 2.24) is 0 Å². The van der Waals surface area contributed by atoms with Crippen molar-refractivity contribution in [2.75, 3.05) is 6.61 Å². The Hall–Kier alpha value is -0.0831. The van der Waals surface area contributed by atoms with Crippen molar-refractivity contribution >= 4 is 8.32 Å². The molecule has 82 valence electrons. The molecule has 1 unspecified atom stereocenters. The Morgan fingerprint density at radius 2 is 2.14 bits per heavy atom. The molecule has 0 bridgehead atoms. The van der Waals surface area contributed by atoms with E-state index >= 15 is 0 Å². The van der Waals surface area contributed by atoms with Crippen LogP contribution in [0.3, 0.4) is 0 Å². The van der Waals surface area contributed by atoms with Gasteiger partial charge in [-0.15, -0.1) is 0 Å². The lowest BCUT2D eigenvalue weighted by atomic mass is 9.92. The zero-order valence-corrected chi connectivity index (χ0v) is 10.9. The first-order valence-electron chi connectivity index (χ1n) is 5.93. The van der Waals surface area contributed by atoms with Crippen molar-refractivity contribution in [3.63, 3.8) is 0 Å². The van der Waals surface area contributed by atoms with Crippen LogP contribution in [0.15, 0.2) is 12.2 Å². The van der Waals surface area contributed by atoms with Crippen LogP contribution in [0.5, 0.6) is 0 Å². The summed E-state index contributed by atoms with van der Waals surface area (Å²) in [5.41, 5.74) is 0. The standard InChI is InChI=1S/C12H24OSi/c1-4-13-14(2,3)11-10-12-8-6-5-7-9-12/h5-6,12H,4,7-11H2,1-3H3.